The molecule has 0 bridgehead atoms. The van der Waals surface area contributed by atoms with Gasteiger partial charge in [0.2, 0.25) is 0 Å². The van der Waals surface area contributed by atoms with Gasteiger partial charge in [0.05, 0.1) is 0 Å². The van der Waals surface area contributed by atoms with Crippen molar-refractivity contribution in [3.05, 3.63) is 56.1 Å². The van der Waals surface area contributed by atoms with Crippen LogP contribution in [0.25, 0.3) is 11.1 Å². The van der Waals surface area contributed by atoms with Gasteiger partial charge in [-0.2, -0.15) is 0 Å². The highest BCUT2D eigenvalue weighted by Crippen LogP contribution is 2.51. The molecule has 0 amide bonds. The van der Waals surface area contributed by atoms with Crippen LogP contribution in [0, 0.1) is 48.5 Å². The Balaban J connectivity index is 2.51. The van der Waals surface area contributed by atoms with Crippen molar-refractivity contribution in [3.63, 3.8) is 0 Å². The van der Waals surface area contributed by atoms with Crippen molar-refractivity contribution in [3.8, 4) is 11.1 Å². The van der Waals surface area contributed by atoms with Gasteiger partial charge in [0, 0.05) is 5.92 Å². The minimum atomic E-state index is 0.519. The zero-order chi connectivity index (χ0) is 15.6. The summed E-state index contributed by atoms with van der Waals surface area (Å²) in [5, 5.41) is 0. The minimum absolute atomic E-state index is 0.519. The van der Waals surface area contributed by atoms with Crippen molar-refractivity contribution in [2.45, 2.75) is 61.3 Å². The molecule has 0 fully saturated rings. The number of hydrogen-bond acceptors (Lipinski definition) is 0. The smallest absolute Gasteiger partial charge is 0.00763 e. The van der Waals surface area contributed by atoms with E-state index in [4.69, 9.17) is 0 Å². The molecule has 110 valence electrons. The van der Waals surface area contributed by atoms with Crippen LogP contribution in [-0.4, -0.2) is 0 Å². The topological polar surface area (TPSA) is 0 Å². The van der Waals surface area contributed by atoms with E-state index >= 15 is 0 Å². The third-order valence-electron chi connectivity index (χ3n) is 6.08. The van der Waals surface area contributed by atoms with E-state index in [1.165, 1.54) is 55.6 Å². The summed E-state index contributed by atoms with van der Waals surface area (Å²) >= 11 is 0. The summed E-state index contributed by atoms with van der Waals surface area (Å²) in [5.41, 5.74) is 16.4. The van der Waals surface area contributed by atoms with Crippen molar-refractivity contribution < 1.29 is 0 Å². The van der Waals surface area contributed by atoms with Gasteiger partial charge in [-0.15, -0.1) is 0 Å². The van der Waals surface area contributed by atoms with Gasteiger partial charge >= 0.3 is 0 Å². The second-order valence-electron chi connectivity index (χ2n) is 6.92. The van der Waals surface area contributed by atoms with Crippen LogP contribution in [0.4, 0.5) is 0 Å². The van der Waals surface area contributed by atoms with Gasteiger partial charge in [0.15, 0.2) is 0 Å². The van der Waals surface area contributed by atoms with E-state index in [9.17, 15) is 0 Å². The SMILES string of the molecule is Cc1cc2c(c(C)c1C)-c1c(C)c(C)c(C)c(C)c1C2C. The fourth-order valence-electron chi connectivity index (χ4n) is 4.15. The maximum Gasteiger partial charge on any atom is 0.00763 e. The van der Waals surface area contributed by atoms with E-state index in [0.29, 0.717) is 5.92 Å². The first-order chi connectivity index (χ1) is 9.77. The van der Waals surface area contributed by atoms with Crippen LogP contribution in [0.5, 0.6) is 0 Å². The second kappa shape index (κ2) is 4.47. The Morgan fingerprint density at radius 2 is 1.14 bits per heavy atom. The Labute approximate surface area is 129 Å². The fourth-order valence-corrected chi connectivity index (χ4v) is 4.15. The highest BCUT2D eigenvalue weighted by molar-refractivity contribution is 5.87. The number of aryl methyl sites for hydroxylation is 1. The largest absolute Gasteiger partial charge is 0.0546 e. The van der Waals surface area contributed by atoms with Crippen molar-refractivity contribution in [2.24, 2.45) is 0 Å². The molecule has 0 saturated heterocycles. The molecule has 2 aromatic carbocycles. The molecule has 1 aliphatic carbocycles. The highest BCUT2D eigenvalue weighted by Gasteiger charge is 2.32. The average Bonchev–Trinajstić information content (AvgIpc) is 2.74. The summed E-state index contributed by atoms with van der Waals surface area (Å²) in [7, 11) is 0. The van der Waals surface area contributed by atoms with Gasteiger partial charge in [-0.3, -0.25) is 0 Å². The molecule has 3 rings (SSSR count). The lowest BCUT2D eigenvalue weighted by Crippen LogP contribution is -2.00. The molecule has 0 heteroatoms. The molecule has 1 atom stereocenters. The maximum atomic E-state index is 2.42. The van der Waals surface area contributed by atoms with Crippen LogP contribution in [0.1, 0.15) is 62.9 Å². The normalized spacial score (nSPS) is 16.1. The summed E-state index contributed by atoms with van der Waals surface area (Å²) in [6.45, 7) is 18.3. The summed E-state index contributed by atoms with van der Waals surface area (Å²) in [5.74, 6) is 0.519. The van der Waals surface area contributed by atoms with E-state index in [1.807, 2.05) is 0 Å². The third kappa shape index (κ3) is 1.68. The lowest BCUT2D eigenvalue weighted by Gasteiger charge is -2.18. The number of rotatable bonds is 0. The molecule has 0 nitrogen and oxygen atoms in total. The quantitative estimate of drug-likeness (QED) is 0.556. The Hall–Kier alpha value is -1.56. The van der Waals surface area contributed by atoms with Crippen LogP contribution in [0.3, 0.4) is 0 Å². The molecule has 0 spiro atoms. The Bertz CT molecular complexity index is 776. The fraction of sp³-hybridized carbons (Fsp3) is 0.429. The van der Waals surface area contributed by atoms with Crippen molar-refractivity contribution in [1.29, 1.82) is 0 Å². The van der Waals surface area contributed by atoms with Gasteiger partial charge < -0.3 is 0 Å². The number of benzene rings is 2. The summed E-state index contributed by atoms with van der Waals surface area (Å²) in [6.07, 6.45) is 0. The molecule has 0 N–H and O–H groups in total. The summed E-state index contributed by atoms with van der Waals surface area (Å²) in [4.78, 5) is 0. The molecule has 0 saturated carbocycles. The molecule has 0 aromatic heterocycles. The first kappa shape index (κ1) is 14.4. The van der Waals surface area contributed by atoms with Gasteiger partial charge in [-0.25, -0.2) is 0 Å². The third-order valence-corrected chi connectivity index (χ3v) is 6.08. The Morgan fingerprint density at radius 3 is 1.76 bits per heavy atom. The Morgan fingerprint density at radius 1 is 0.619 bits per heavy atom. The molecule has 0 radical (unpaired) electrons. The van der Waals surface area contributed by atoms with Gasteiger partial charge in [0.1, 0.15) is 0 Å². The van der Waals surface area contributed by atoms with Gasteiger partial charge in [-0.05, 0) is 110 Å². The molecule has 2 aromatic rings. The van der Waals surface area contributed by atoms with Crippen LogP contribution in [0.2, 0.25) is 0 Å². The zero-order valence-corrected chi connectivity index (χ0v) is 14.7. The summed E-state index contributed by atoms with van der Waals surface area (Å²) in [6, 6.07) is 2.42. The van der Waals surface area contributed by atoms with Crippen LogP contribution in [0.15, 0.2) is 6.07 Å². The molecular weight excluding hydrogens is 252 g/mol. The molecule has 1 aliphatic rings. The molecular formula is C21H26. The van der Waals surface area contributed by atoms with Crippen LogP contribution >= 0.6 is 0 Å². The predicted octanol–water partition coefficient (Wildman–Crippen LogP) is 5.98. The predicted molar refractivity (Wildman–Crippen MR) is 92.6 cm³/mol. The van der Waals surface area contributed by atoms with Crippen molar-refractivity contribution >= 4 is 0 Å². The second-order valence-corrected chi connectivity index (χ2v) is 6.92. The first-order valence-corrected chi connectivity index (χ1v) is 7.98. The molecule has 0 aliphatic heterocycles. The molecule has 21 heavy (non-hydrogen) atoms. The number of fused-ring (bicyclic) bond motifs is 3. The summed E-state index contributed by atoms with van der Waals surface area (Å²) < 4.78 is 0. The highest BCUT2D eigenvalue weighted by atomic mass is 14.4. The zero-order valence-electron chi connectivity index (χ0n) is 14.7. The average molecular weight is 278 g/mol. The van der Waals surface area contributed by atoms with Crippen LogP contribution in [-0.2, 0) is 0 Å². The lowest BCUT2D eigenvalue weighted by atomic mass is 9.86. The molecule has 0 heterocycles. The first-order valence-electron chi connectivity index (χ1n) is 7.98. The Kier molecular flexibility index (Phi) is 3.06. The van der Waals surface area contributed by atoms with E-state index in [-0.39, 0.29) is 0 Å². The standard InChI is InChI=1S/C21H26/c1-10-9-18-17(8)19-15(6)12(3)13(4)16(7)21(19)20(18)14(5)11(10)2/h9,17H,1-8H3. The van der Waals surface area contributed by atoms with E-state index in [1.54, 1.807) is 5.56 Å². The van der Waals surface area contributed by atoms with Crippen LogP contribution < -0.4 is 0 Å². The van der Waals surface area contributed by atoms with E-state index in [2.05, 4.69) is 61.5 Å². The monoisotopic (exact) mass is 278 g/mol. The van der Waals surface area contributed by atoms with E-state index in [0.717, 1.165) is 0 Å². The minimum Gasteiger partial charge on any atom is -0.0546 e. The van der Waals surface area contributed by atoms with Crippen molar-refractivity contribution in [1.82, 2.24) is 0 Å². The number of hydrogen-bond donors (Lipinski definition) is 0. The van der Waals surface area contributed by atoms with Crippen molar-refractivity contribution in [2.75, 3.05) is 0 Å². The molecule has 1 unspecified atom stereocenters. The lowest BCUT2D eigenvalue weighted by molar-refractivity contribution is 0.932. The van der Waals surface area contributed by atoms with E-state index < -0.39 is 0 Å². The van der Waals surface area contributed by atoms with Gasteiger partial charge in [0.25, 0.3) is 0 Å². The maximum absolute atomic E-state index is 2.42. The van der Waals surface area contributed by atoms with Gasteiger partial charge in [-0.1, -0.05) is 13.0 Å².